The normalized spacial score (nSPS) is 10.7. The van der Waals surface area contributed by atoms with E-state index < -0.39 is 5.97 Å². The van der Waals surface area contributed by atoms with Crippen LogP contribution in [0.2, 0.25) is 0 Å². The van der Waals surface area contributed by atoms with Gasteiger partial charge in [-0.1, -0.05) is 60.7 Å². The van der Waals surface area contributed by atoms with E-state index in [4.69, 9.17) is 0 Å². The van der Waals surface area contributed by atoms with Gasteiger partial charge in [0.05, 0.1) is 13.0 Å². The van der Waals surface area contributed by atoms with Gasteiger partial charge in [0.25, 0.3) is 0 Å². The van der Waals surface area contributed by atoms with Gasteiger partial charge in [0.1, 0.15) is 0 Å². The fraction of sp³-hybridized carbons (Fsp3) is 0.176. The molecule has 0 saturated carbocycles. The first kappa shape index (κ1) is 14.9. The first-order valence-electron chi connectivity index (χ1n) is 7.22. The number of hydrogen-bond acceptors (Lipinski definition) is 5. The highest BCUT2D eigenvalue weighted by Gasteiger charge is 2.22. The second-order valence-corrected chi connectivity index (χ2v) is 5.01. The standard InChI is InChI=1S/C17H16N4O2/c1-23-15(22)12-21-19-17(18-20-21)16(13-8-4-2-5-9-13)14-10-6-3-7-11-14/h2-11,16H,12H2,1H3. The molecule has 0 aliphatic carbocycles. The molecule has 0 atom stereocenters. The third-order valence-corrected chi connectivity index (χ3v) is 3.49. The molecule has 0 unspecified atom stereocenters. The summed E-state index contributed by atoms with van der Waals surface area (Å²) in [4.78, 5) is 12.6. The van der Waals surface area contributed by atoms with Crippen LogP contribution in [0.4, 0.5) is 0 Å². The number of ether oxygens (including phenoxy) is 1. The average molecular weight is 308 g/mol. The van der Waals surface area contributed by atoms with E-state index in [1.807, 2.05) is 60.7 Å². The lowest BCUT2D eigenvalue weighted by atomic mass is 9.91. The third kappa shape index (κ3) is 3.42. The van der Waals surface area contributed by atoms with Gasteiger partial charge in [0.15, 0.2) is 12.4 Å². The summed E-state index contributed by atoms with van der Waals surface area (Å²) in [5.41, 5.74) is 2.13. The molecule has 3 rings (SSSR count). The van der Waals surface area contributed by atoms with E-state index in [-0.39, 0.29) is 12.5 Å². The van der Waals surface area contributed by atoms with Gasteiger partial charge in [-0.2, -0.15) is 4.80 Å². The molecule has 23 heavy (non-hydrogen) atoms. The maximum Gasteiger partial charge on any atom is 0.329 e. The van der Waals surface area contributed by atoms with Crippen molar-refractivity contribution < 1.29 is 9.53 Å². The van der Waals surface area contributed by atoms with Crippen molar-refractivity contribution in [3.8, 4) is 0 Å². The van der Waals surface area contributed by atoms with Crippen molar-refractivity contribution >= 4 is 5.97 Å². The molecule has 0 radical (unpaired) electrons. The van der Waals surface area contributed by atoms with Crippen molar-refractivity contribution in [3.05, 3.63) is 77.6 Å². The number of carbonyl (C=O) groups excluding carboxylic acids is 1. The molecule has 0 aliphatic heterocycles. The van der Waals surface area contributed by atoms with Crippen LogP contribution in [0.1, 0.15) is 22.9 Å². The largest absolute Gasteiger partial charge is 0.468 e. The molecular formula is C17H16N4O2. The lowest BCUT2D eigenvalue weighted by Gasteiger charge is -2.14. The number of hydrogen-bond donors (Lipinski definition) is 0. The maximum absolute atomic E-state index is 11.3. The number of carbonyl (C=O) groups is 1. The molecule has 0 saturated heterocycles. The number of nitrogens with zero attached hydrogens (tertiary/aromatic N) is 4. The fourth-order valence-corrected chi connectivity index (χ4v) is 2.40. The lowest BCUT2D eigenvalue weighted by molar-refractivity contribution is -0.141. The van der Waals surface area contributed by atoms with Crippen molar-refractivity contribution in [2.75, 3.05) is 7.11 Å². The van der Waals surface area contributed by atoms with E-state index in [0.717, 1.165) is 11.1 Å². The van der Waals surface area contributed by atoms with Gasteiger partial charge in [-0.3, -0.25) is 0 Å². The number of rotatable bonds is 5. The third-order valence-electron chi connectivity index (χ3n) is 3.49. The average Bonchev–Trinajstić information content (AvgIpc) is 3.05. The van der Waals surface area contributed by atoms with Gasteiger partial charge >= 0.3 is 5.97 Å². The number of methoxy groups -OCH3 is 1. The minimum absolute atomic E-state index is 0.0558. The Hall–Kier alpha value is -3.02. The highest BCUT2D eigenvalue weighted by Crippen LogP contribution is 2.28. The van der Waals surface area contributed by atoms with Crippen LogP contribution in [0.5, 0.6) is 0 Å². The minimum atomic E-state index is -0.412. The summed E-state index contributed by atoms with van der Waals surface area (Å²) in [7, 11) is 1.33. The van der Waals surface area contributed by atoms with Crippen LogP contribution >= 0.6 is 0 Å². The molecule has 6 nitrogen and oxygen atoms in total. The molecule has 1 heterocycles. The Balaban J connectivity index is 1.98. The summed E-state index contributed by atoms with van der Waals surface area (Å²) >= 11 is 0. The van der Waals surface area contributed by atoms with Gasteiger partial charge in [-0.25, -0.2) is 4.79 Å². The van der Waals surface area contributed by atoms with Gasteiger partial charge in [-0.15, -0.1) is 10.2 Å². The zero-order valence-electron chi connectivity index (χ0n) is 12.7. The monoisotopic (exact) mass is 308 g/mol. The highest BCUT2D eigenvalue weighted by molar-refractivity contribution is 5.68. The summed E-state index contributed by atoms with van der Waals surface area (Å²) < 4.78 is 4.63. The second-order valence-electron chi connectivity index (χ2n) is 5.01. The summed E-state index contributed by atoms with van der Waals surface area (Å²) in [5.74, 6) is 0.0000206. The zero-order chi connectivity index (χ0) is 16.1. The van der Waals surface area contributed by atoms with E-state index in [1.54, 1.807) is 0 Å². The number of esters is 1. The van der Waals surface area contributed by atoms with E-state index in [0.29, 0.717) is 5.82 Å². The van der Waals surface area contributed by atoms with E-state index in [2.05, 4.69) is 20.1 Å². The topological polar surface area (TPSA) is 69.9 Å². The van der Waals surface area contributed by atoms with Gasteiger partial charge in [0.2, 0.25) is 0 Å². The minimum Gasteiger partial charge on any atom is -0.468 e. The molecule has 0 bridgehead atoms. The van der Waals surface area contributed by atoms with Crippen molar-refractivity contribution in [2.24, 2.45) is 0 Å². The Labute approximate surface area is 133 Å². The van der Waals surface area contributed by atoms with Gasteiger partial charge in [0, 0.05) is 0 Å². The van der Waals surface area contributed by atoms with Crippen LogP contribution in [0, 0.1) is 0 Å². The fourth-order valence-electron chi connectivity index (χ4n) is 2.40. The Morgan fingerprint density at radius 1 is 1.04 bits per heavy atom. The van der Waals surface area contributed by atoms with Gasteiger partial charge < -0.3 is 4.74 Å². The molecule has 0 fully saturated rings. The van der Waals surface area contributed by atoms with Gasteiger partial charge in [-0.05, 0) is 16.3 Å². The number of aromatic nitrogens is 4. The van der Waals surface area contributed by atoms with Crippen LogP contribution in [0.15, 0.2) is 60.7 Å². The van der Waals surface area contributed by atoms with E-state index in [9.17, 15) is 4.79 Å². The first-order valence-corrected chi connectivity index (χ1v) is 7.22. The van der Waals surface area contributed by atoms with Crippen LogP contribution in [0.3, 0.4) is 0 Å². The molecule has 6 heteroatoms. The summed E-state index contributed by atoms with van der Waals surface area (Å²) in [5, 5.41) is 12.4. The van der Waals surface area contributed by atoms with E-state index in [1.165, 1.54) is 11.9 Å². The molecule has 0 aliphatic rings. The van der Waals surface area contributed by atoms with Crippen molar-refractivity contribution in [1.82, 2.24) is 20.2 Å². The second kappa shape index (κ2) is 6.83. The Morgan fingerprint density at radius 2 is 1.61 bits per heavy atom. The molecule has 0 amide bonds. The van der Waals surface area contributed by atoms with Crippen LogP contribution in [-0.2, 0) is 16.1 Å². The molecule has 0 spiro atoms. The molecule has 116 valence electrons. The quantitative estimate of drug-likeness (QED) is 0.675. The number of tetrazole rings is 1. The van der Waals surface area contributed by atoms with Crippen LogP contribution in [0.25, 0.3) is 0 Å². The molecular weight excluding hydrogens is 292 g/mol. The van der Waals surface area contributed by atoms with Crippen molar-refractivity contribution in [2.45, 2.75) is 12.5 Å². The molecule has 2 aromatic carbocycles. The summed E-state index contributed by atoms with van der Waals surface area (Å²) in [6.07, 6.45) is 0. The smallest absolute Gasteiger partial charge is 0.329 e. The van der Waals surface area contributed by atoms with Crippen molar-refractivity contribution in [3.63, 3.8) is 0 Å². The Bertz CT molecular complexity index is 732. The van der Waals surface area contributed by atoms with Crippen LogP contribution in [-0.4, -0.2) is 33.3 Å². The predicted octanol–water partition coefficient (Wildman–Crippen LogP) is 2.03. The molecule has 3 aromatic rings. The predicted molar refractivity (Wildman–Crippen MR) is 83.7 cm³/mol. The van der Waals surface area contributed by atoms with Crippen molar-refractivity contribution in [1.29, 1.82) is 0 Å². The SMILES string of the molecule is COC(=O)Cn1nnc(C(c2ccccc2)c2ccccc2)n1. The molecule has 0 N–H and O–H groups in total. The Morgan fingerprint density at radius 3 is 2.13 bits per heavy atom. The first-order chi connectivity index (χ1) is 11.3. The molecule has 1 aromatic heterocycles. The Kier molecular flexibility index (Phi) is 4.42. The maximum atomic E-state index is 11.3. The van der Waals surface area contributed by atoms with E-state index >= 15 is 0 Å². The zero-order valence-corrected chi connectivity index (χ0v) is 12.7. The number of benzene rings is 2. The lowest BCUT2D eigenvalue weighted by Crippen LogP contribution is -2.14. The van der Waals surface area contributed by atoms with Crippen LogP contribution < -0.4 is 0 Å². The summed E-state index contributed by atoms with van der Waals surface area (Å²) in [6.45, 7) is -0.0558. The highest BCUT2D eigenvalue weighted by atomic mass is 16.5. The summed E-state index contributed by atoms with van der Waals surface area (Å²) in [6, 6.07) is 19.9.